The van der Waals surface area contributed by atoms with E-state index in [-0.39, 0.29) is 7.22 Å². The first-order valence-corrected chi connectivity index (χ1v) is 11.3. The van der Waals surface area contributed by atoms with Gasteiger partial charge in [0.05, 0.1) is 0 Å². The molecule has 14 nitrogen and oxygen atoms in total. The maximum atomic E-state index is 11.5. The molecule has 0 unspecified atom stereocenters. The Hall–Kier alpha value is -3.57. The zero-order chi connectivity index (χ0) is 20.2. The first-order chi connectivity index (χ1) is 12.7. The molecular formula is C12H10N6O8Te. The zero-order valence-corrected chi connectivity index (χ0v) is 15.5. The molecule has 0 radical (unpaired) electrons. The van der Waals surface area contributed by atoms with Crippen molar-refractivity contribution in [2.45, 2.75) is 0 Å². The van der Waals surface area contributed by atoms with Crippen LogP contribution in [0.3, 0.4) is 0 Å². The van der Waals surface area contributed by atoms with Crippen LogP contribution in [-0.4, -0.2) is 45.6 Å². The van der Waals surface area contributed by atoms with Gasteiger partial charge in [0.2, 0.25) is 0 Å². The third-order valence-corrected chi connectivity index (χ3v) is 12.7. The molecule has 0 heterocycles. The summed E-state index contributed by atoms with van der Waals surface area (Å²) in [6, 6.07) is 12.9. The van der Waals surface area contributed by atoms with Gasteiger partial charge in [-0.2, -0.15) is 0 Å². The van der Waals surface area contributed by atoms with Crippen LogP contribution in [0.25, 0.3) is 0 Å². The van der Waals surface area contributed by atoms with E-state index in [1.807, 2.05) is 0 Å². The molecule has 0 atom stereocenters. The van der Waals surface area contributed by atoms with Gasteiger partial charge in [-0.1, -0.05) is 0 Å². The summed E-state index contributed by atoms with van der Waals surface area (Å²) in [6.07, 6.45) is 0. The van der Waals surface area contributed by atoms with Gasteiger partial charge in [0.25, 0.3) is 0 Å². The van der Waals surface area contributed by atoms with Gasteiger partial charge in [-0.05, 0) is 0 Å². The van der Waals surface area contributed by atoms with Crippen LogP contribution >= 0.6 is 0 Å². The second kappa shape index (κ2) is 7.76. The van der Waals surface area contributed by atoms with E-state index in [0.29, 0.717) is 0 Å². The molecule has 0 bridgehead atoms. The standard InChI is InChI=1S/C12H10N6O8Te/c19-15(20)13(16(21)22)27(11-7-3-1-4-8-11,12-9-5-2-6-10-12)14(17(23)24)18(25)26/h1-10H. The number of rotatable bonds is 8. The number of benzene rings is 2. The van der Waals surface area contributed by atoms with Crippen molar-refractivity contribution in [3.63, 3.8) is 0 Å². The van der Waals surface area contributed by atoms with E-state index >= 15 is 0 Å². The van der Waals surface area contributed by atoms with Crippen LogP contribution in [0.1, 0.15) is 0 Å². The van der Waals surface area contributed by atoms with E-state index in [2.05, 4.69) is 0 Å². The molecule has 0 aliphatic heterocycles. The quantitative estimate of drug-likeness (QED) is 0.267. The first kappa shape index (κ1) is 19.8. The van der Waals surface area contributed by atoms with Gasteiger partial charge in [-0.25, -0.2) is 0 Å². The molecule has 0 aromatic heterocycles. The Morgan fingerprint density at radius 2 is 0.815 bits per heavy atom. The molecule has 0 spiro atoms. The molecule has 2 rings (SSSR count). The molecule has 0 aliphatic carbocycles. The van der Waals surface area contributed by atoms with E-state index in [0.717, 1.165) is 24.3 Å². The summed E-state index contributed by atoms with van der Waals surface area (Å²) in [5, 5.41) is 40.3. The SMILES string of the molecule is O=[N+]([O-])N([N+](=O)[O-])[Te](c1ccccc1)(c1ccccc1)N([N+](=O)[O-])[N+](=O)[O-]. The third-order valence-electron chi connectivity index (χ3n) is 3.18. The third kappa shape index (κ3) is 3.41. The Labute approximate surface area is 154 Å². The second-order valence-corrected chi connectivity index (χ2v) is 12.3. The van der Waals surface area contributed by atoms with E-state index in [1.54, 1.807) is 0 Å². The van der Waals surface area contributed by atoms with Gasteiger partial charge >= 0.3 is 154 Å². The predicted molar refractivity (Wildman–Crippen MR) is 89.6 cm³/mol. The van der Waals surface area contributed by atoms with Crippen LogP contribution in [0, 0.1) is 40.5 Å². The zero-order valence-electron chi connectivity index (χ0n) is 13.1. The average Bonchev–Trinajstić information content (AvgIpc) is 2.61. The number of nitrogens with zero attached hydrogens (tertiary/aromatic N) is 6. The summed E-state index contributed by atoms with van der Waals surface area (Å²) < 4.78 is -1.63. The molecule has 0 saturated carbocycles. The van der Waals surface area contributed by atoms with E-state index in [1.165, 1.54) is 36.4 Å². The van der Waals surface area contributed by atoms with Crippen LogP contribution in [0.15, 0.2) is 60.7 Å². The van der Waals surface area contributed by atoms with Gasteiger partial charge < -0.3 is 0 Å². The Balaban J connectivity index is 3.07. The normalized spacial score (nSPS) is 11.3. The topological polar surface area (TPSA) is 179 Å². The van der Waals surface area contributed by atoms with Crippen molar-refractivity contribution in [1.82, 2.24) is 6.74 Å². The summed E-state index contributed by atoms with van der Waals surface area (Å²) >= 11 is -5.95. The first-order valence-electron chi connectivity index (χ1n) is 6.86. The molecule has 2 aromatic carbocycles. The molecule has 0 aliphatic rings. The molecule has 0 N–H and O–H groups in total. The van der Waals surface area contributed by atoms with Crippen LogP contribution in [-0.2, 0) is 0 Å². The van der Waals surface area contributed by atoms with Crippen LogP contribution in [0.4, 0.5) is 0 Å². The van der Waals surface area contributed by atoms with Crippen molar-refractivity contribution in [1.29, 1.82) is 0 Å². The van der Waals surface area contributed by atoms with Gasteiger partial charge in [0.15, 0.2) is 0 Å². The van der Waals surface area contributed by atoms with Crippen molar-refractivity contribution in [3.8, 4) is 0 Å². The summed E-state index contributed by atoms with van der Waals surface area (Å²) in [7, 11) is 0. The molecule has 15 heteroatoms. The van der Waals surface area contributed by atoms with Gasteiger partial charge in [0.1, 0.15) is 0 Å². The molecule has 2 aromatic rings. The summed E-state index contributed by atoms with van der Waals surface area (Å²) in [5.74, 6) is 0. The minimum atomic E-state index is -5.95. The fraction of sp³-hybridized carbons (Fsp3) is 0. The Kier molecular flexibility index (Phi) is 5.68. The van der Waals surface area contributed by atoms with Crippen molar-refractivity contribution < 1.29 is 20.1 Å². The van der Waals surface area contributed by atoms with E-state index in [4.69, 9.17) is 0 Å². The van der Waals surface area contributed by atoms with E-state index < -0.39 is 45.6 Å². The molecule has 0 fully saturated rings. The van der Waals surface area contributed by atoms with Crippen molar-refractivity contribution in [2.75, 3.05) is 0 Å². The number of hydrogen-bond acceptors (Lipinski definition) is 8. The van der Waals surface area contributed by atoms with Gasteiger partial charge in [-0.15, -0.1) is 0 Å². The van der Waals surface area contributed by atoms with Crippen LogP contribution in [0.5, 0.6) is 0 Å². The molecular weight excluding hydrogens is 484 g/mol. The molecule has 0 saturated heterocycles. The maximum absolute atomic E-state index is 11.5. The van der Waals surface area contributed by atoms with Gasteiger partial charge in [-0.3, -0.25) is 0 Å². The Morgan fingerprint density at radius 3 is 1.04 bits per heavy atom. The summed E-state index contributed by atoms with van der Waals surface area (Å²) in [5.41, 5.74) is 0. The Morgan fingerprint density at radius 1 is 0.556 bits per heavy atom. The molecule has 0 amide bonds. The van der Waals surface area contributed by atoms with Crippen molar-refractivity contribution >= 4 is 25.9 Å². The van der Waals surface area contributed by atoms with Crippen molar-refractivity contribution in [3.05, 3.63) is 101 Å². The minimum absolute atomic E-state index is 0.242. The Bertz CT molecular complexity index is 780. The molecule has 142 valence electrons. The molecule has 27 heavy (non-hydrogen) atoms. The predicted octanol–water partition coefficient (Wildman–Crippen LogP) is -0.386. The summed E-state index contributed by atoms with van der Waals surface area (Å²) in [6.45, 7) is 0. The number of hydrazine groups is 4. The average molecular weight is 494 g/mol. The summed E-state index contributed by atoms with van der Waals surface area (Å²) in [4.78, 5) is 46.2. The van der Waals surface area contributed by atoms with Crippen molar-refractivity contribution in [2.24, 2.45) is 0 Å². The van der Waals surface area contributed by atoms with Crippen LogP contribution < -0.4 is 7.22 Å². The fourth-order valence-corrected chi connectivity index (χ4v) is 10.9. The second-order valence-electron chi connectivity index (χ2n) is 4.63. The monoisotopic (exact) mass is 496 g/mol. The number of hydrogen-bond donors (Lipinski definition) is 0. The fourth-order valence-electron chi connectivity index (χ4n) is 2.30. The number of nitro groups is 4. The van der Waals surface area contributed by atoms with Crippen LogP contribution in [0.2, 0.25) is 0 Å². The van der Waals surface area contributed by atoms with Gasteiger partial charge in [0, 0.05) is 0 Å². The van der Waals surface area contributed by atoms with E-state index in [9.17, 15) is 40.5 Å².